The van der Waals surface area contributed by atoms with Gasteiger partial charge in [0.1, 0.15) is 7.05 Å². The van der Waals surface area contributed by atoms with Crippen molar-refractivity contribution in [3.05, 3.63) is 115 Å². The summed E-state index contributed by atoms with van der Waals surface area (Å²) in [5.41, 5.74) is 7.66. The van der Waals surface area contributed by atoms with Gasteiger partial charge in [-0.3, -0.25) is 0 Å². The van der Waals surface area contributed by atoms with Crippen molar-refractivity contribution in [2.24, 2.45) is 7.05 Å². The molecule has 0 atom stereocenters. The van der Waals surface area contributed by atoms with Crippen molar-refractivity contribution in [2.75, 3.05) is 0 Å². The highest BCUT2D eigenvalue weighted by atomic mass is 14.9. The largest absolute Gasteiger partial charge is 0.343 e. The predicted octanol–water partition coefficient (Wildman–Crippen LogP) is 6.80. The third kappa shape index (κ3) is 3.07. The van der Waals surface area contributed by atoms with Gasteiger partial charge in [0.25, 0.3) is 0 Å². The number of hydrogen-bond donors (Lipinski definition) is 0. The van der Waals surface area contributed by atoms with Crippen LogP contribution in [0.5, 0.6) is 0 Å². The summed E-state index contributed by atoms with van der Waals surface area (Å²) < 4.78 is 4.57. The van der Waals surface area contributed by atoms with Gasteiger partial charge in [0.2, 0.25) is 5.52 Å². The molecule has 0 aliphatic heterocycles. The quantitative estimate of drug-likeness (QED) is 0.223. The maximum atomic E-state index is 2.36. The molecule has 0 N–H and O–H groups in total. The number of nitrogens with zero attached hydrogens (tertiary/aromatic N) is 2. The van der Waals surface area contributed by atoms with Gasteiger partial charge in [-0.2, -0.15) is 0 Å². The Kier molecular flexibility index (Phi) is 4.32. The van der Waals surface area contributed by atoms with E-state index < -0.39 is 0 Å². The number of pyridine rings is 1. The van der Waals surface area contributed by atoms with Gasteiger partial charge in [0.05, 0.1) is 5.39 Å². The summed E-state index contributed by atoms with van der Waals surface area (Å²) >= 11 is 0. The molecule has 6 rings (SSSR count). The van der Waals surface area contributed by atoms with Crippen molar-refractivity contribution in [1.82, 2.24) is 4.57 Å². The lowest BCUT2D eigenvalue weighted by molar-refractivity contribution is -0.643. The Morgan fingerprint density at radius 2 is 1.56 bits per heavy atom. The van der Waals surface area contributed by atoms with Gasteiger partial charge < -0.3 is 4.57 Å². The minimum absolute atomic E-state index is 0.880. The average molecular weight is 414 g/mol. The second-order valence-electron chi connectivity index (χ2n) is 8.71. The standard InChI is InChI=1S/C30H25N2/c1-21-7-6-10-26-20-31(2)28-14-13-24(17-27(28)30(21)26)25-12-11-23-15-16-32(29(23)18-25)19-22-8-4-3-5-9-22/h3-18,20H,19H2,1-2H3/q+1. The molecule has 0 radical (unpaired) electrons. The van der Waals surface area contributed by atoms with E-state index in [4.69, 9.17) is 0 Å². The molecule has 0 saturated carbocycles. The Hall–Kier alpha value is -3.91. The lowest BCUT2D eigenvalue weighted by Crippen LogP contribution is -2.28. The second kappa shape index (κ2) is 7.35. The SMILES string of the molecule is Cc1cccc2c[n+](C)c3ccc(-c4ccc5ccn(Cc6ccccc6)c5c4)cc3c12. The number of rotatable bonds is 3. The molecule has 154 valence electrons. The summed E-state index contributed by atoms with van der Waals surface area (Å²) in [4.78, 5) is 0. The maximum absolute atomic E-state index is 2.36. The van der Waals surface area contributed by atoms with Crippen molar-refractivity contribution in [3.8, 4) is 11.1 Å². The van der Waals surface area contributed by atoms with E-state index in [0.717, 1.165) is 6.54 Å². The smallest absolute Gasteiger partial charge is 0.212 e. The van der Waals surface area contributed by atoms with E-state index in [1.807, 2.05) is 0 Å². The van der Waals surface area contributed by atoms with Crippen LogP contribution in [0, 0.1) is 6.92 Å². The van der Waals surface area contributed by atoms with Gasteiger partial charge in [-0.1, -0.05) is 54.6 Å². The van der Waals surface area contributed by atoms with Crippen LogP contribution in [0.3, 0.4) is 0 Å². The highest BCUT2D eigenvalue weighted by Gasteiger charge is 2.14. The molecular formula is C30H25N2+. The molecule has 0 spiro atoms. The molecule has 2 heterocycles. The Balaban J connectivity index is 1.52. The zero-order valence-corrected chi connectivity index (χ0v) is 18.4. The van der Waals surface area contributed by atoms with Gasteiger partial charge in [-0.25, -0.2) is 4.57 Å². The van der Waals surface area contributed by atoms with Crippen LogP contribution < -0.4 is 4.57 Å². The zero-order chi connectivity index (χ0) is 21.7. The minimum atomic E-state index is 0.880. The summed E-state index contributed by atoms with van der Waals surface area (Å²) in [6, 6.07) is 33.1. The highest BCUT2D eigenvalue weighted by Crippen LogP contribution is 2.31. The Labute approximate surface area is 188 Å². The monoisotopic (exact) mass is 413 g/mol. The van der Waals surface area contributed by atoms with Gasteiger partial charge >= 0.3 is 0 Å². The summed E-state index contributed by atoms with van der Waals surface area (Å²) in [7, 11) is 2.13. The summed E-state index contributed by atoms with van der Waals surface area (Å²) in [6.07, 6.45) is 4.42. The number of benzene rings is 4. The van der Waals surface area contributed by atoms with Crippen LogP contribution in [0.2, 0.25) is 0 Å². The molecule has 2 heteroatoms. The number of aromatic nitrogens is 2. The predicted molar refractivity (Wildman–Crippen MR) is 134 cm³/mol. The topological polar surface area (TPSA) is 8.81 Å². The minimum Gasteiger partial charge on any atom is -0.343 e. The normalized spacial score (nSPS) is 11.6. The van der Waals surface area contributed by atoms with Crippen LogP contribution in [-0.4, -0.2) is 4.57 Å². The van der Waals surface area contributed by atoms with Crippen LogP contribution in [0.4, 0.5) is 0 Å². The van der Waals surface area contributed by atoms with Crippen LogP contribution in [0.1, 0.15) is 11.1 Å². The third-order valence-electron chi connectivity index (χ3n) is 6.59. The number of aryl methyl sites for hydroxylation is 2. The van der Waals surface area contributed by atoms with Crippen molar-refractivity contribution < 1.29 is 4.57 Å². The molecule has 0 amide bonds. The lowest BCUT2D eigenvalue weighted by Gasteiger charge is -2.10. The summed E-state index contributed by atoms with van der Waals surface area (Å²) in [5.74, 6) is 0. The van der Waals surface area contributed by atoms with Crippen molar-refractivity contribution in [3.63, 3.8) is 0 Å². The van der Waals surface area contributed by atoms with E-state index in [1.165, 1.54) is 54.8 Å². The molecule has 32 heavy (non-hydrogen) atoms. The van der Waals surface area contributed by atoms with Gasteiger partial charge in [0.15, 0.2) is 6.20 Å². The molecule has 4 aromatic carbocycles. The Morgan fingerprint density at radius 3 is 2.44 bits per heavy atom. The number of hydrogen-bond acceptors (Lipinski definition) is 0. The Bertz CT molecular complexity index is 1610. The Morgan fingerprint density at radius 1 is 0.750 bits per heavy atom. The first-order valence-corrected chi connectivity index (χ1v) is 11.1. The average Bonchev–Trinajstić information content (AvgIpc) is 3.21. The van der Waals surface area contributed by atoms with E-state index in [1.54, 1.807) is 0 Å². The first-order valence-electron chi connectivity index (χ1n) is 11.1. The zero-order valence-electron chi connectivity index (χ0n) is 18.4. The fourth-order valence-electron chi connectivity index (χ4n) is 4.95. The first-order chi connectivity index (χ1) is 15.7. The molecular weight excluding hydrogens is 388 g/mol. The van der Waals surface area contributed by atoms with Crippen LogP contribution >= 0.6 is 0 Å². The van der Waals surface area contributed by atoms with Crippen LogP contribution in [0.15, 0.2) is 103 Å². The molecule has 6 aromatic rings. The first kappa shape index (κ1) is 18.8. The molecule has 0 bridgehead atoms. The van der Waals surface area contributed by atoms with Gasteiger partial charge in [0, 0.05) is 35.1 Å². The van der Waals surface area contributed by atoms with Crippen LogP contribution in [-0.2, 0) is 13.6 Å². The molecule has 2 aromatic heterocycles. The lowest BCUT2D eigenvalue weighted by atomic mass is 9.97. The highest BCUT2D eigenvalue weighted by molar-refractivity contribution is 6.07. The van der Waals surface area contributed by atoms with E-state index in [-0.39, 0.29) is 0 Å². The molecule has 0 unspecified atom stereocenters. The van der Waals surface area contributed by atoms with Crippen molar-refractivity contribution in [1.29, 1.82) is 0 Å². The van der Waals surface area contributed by atoms with E-state index >= 15 is 0 Å². The third-order valence-corrected chi connectivity index (χ3v) is 6.59. The number of fused-ring (bicyclic) bond motifs is 4. The van der Waals surface area contributed by atoms with Crippen molar-refractivity contribution in [2.45, 2.75) is 13.5 Å². The van der Waals surface area contributed by atoms with E-state index in [2.05, 4.69) is 126 Å². The van der Waals surface area contributed by atoms with Crippen LogP contribution in [0.25, 0.3) is 43.7 Å². The van der Waals surface area contributed by atoms with E-state index in [9.17, 15) is 0 Å². The molecule has 2 nitrogen and oxygen atoms in total. The fourth-order valence-corrected chi connectivity index (χ4v) is 4.95. The molecule has 0 aliphatic carbocycles. The summed E-state index contributed by atoms with van der Waals surface area (Å²) in [6.45, 7) is 3.09. The van der Waals surface area contributed by atoms with Gasteiger partial charge in [-0.15, -0.1) is 0 Å². The summed E-state index contributed by atoms with van der Waals surface area (Å²) in [5, 5.41) is 5.21. The fraction of sp³-hybridized carbons (Fsp3) is 0.100. The van der Waals surface area contributed by atoms with E-state index in [0.29, 0.717) is 0 Å². The molecule has 0 aliphatic rings. The van der Waals surface area contributed by atoms with Gasteiger partial charge in [-0.05, 0) is 64.9 Å². The maximum Gasteiger partial charge on any atom is 0.212 e. The molecule has 0 fully saturated rings. The molecule has 0 saturated heterocycles. The second-order valence-corrected chi connectivity index (χ2v) is 8.71. The van der Waals surface area contributed by atoms with Crippen molar-refractivity contribution >= 4 is 32.6 Å².